The van der Waals surface area contributed by atoms with Gasteiger partial charge in [0.1, 0.15) is 6.04 Å². The van der Waals surface area contributed by atoms with Crippen molar-refractivity contribution < 1.29 is 4.79 Å². The Hall–Kier alpha value is -3.15. The molecule has 26 heavy (non-hydrogen) atoms. The zero-order valence-corrected chi connectivity index (χ0v) is 14.4. The molecule has 2 aromatic rings. The van der Waals surface area contributed by atoms with Gasteiger partial charge in [-0.1, -0.05) is 36.4 Å². The predicted octanol–water partition coefficient (Wildman–Crippen LogP) is 2.53. The number of nitrogens with one attached hydrogen (secondary N) is 2. The topological polar surface area (TPSA) is 88.7 Å². The second-order valence-electron chi connectivity index (χ2n) is 6.43. The van der Waals surface area contributed by atoms with Gasteiger partial charge in [-0.3, -0.25) is 4.79 Å². The first-order chi connectivity index (χ1) is 12.7. The van der Waals surface area contributed by atoms with Crippen LogP contribution in [0.4, 0.5) is 0 Å². The van der Waals surface area contributed by atoms with Crippen LogP contribution in [0.15, 0.2) is 48.5 Å². The number of amides is 1. The molecule has 5 nitrogen and oxygen atoms in total. The van der Waals surface area contributed by atoms with Crippen molar-refractivity contribution in [1.82, 2.24) is 10.6 Å². The van der Waals surface area contributed by atoms with Gasteiger partial charge in [-0.2, -0.15) is 10.5 Å². The van der Waals surface area contributed by atoms with E-state index in [1.54, 1.807) is 12.1 Å². The predicted molar refractivity (Wildman–Crippen MR) is 98.9 cm³/mol. The summed E-state index contributed by atoms with van der Waals surface area (Å²) in [5.74, 6) is -0.0942. The molecule has 0 radical (unpaired) electrons. The van der Waals surface area contributed by atoms with E-state index in [1.165, 1.54) is 0 Å². The van der Waals surface area contributed by atoms with Gasteiger partial charge in [0.15, 0.2) is 0 Å². The highest BCUT2D eigenvalue weighted by Gasteiger charge is 2.24. The number of hydrogen-bond acceptors (Lipinski definition) is 4. The minimum Gasteiger partial charge on any atom is -0.339 e. The molecule has 2 N–H and O–H groups in total. The van der Waals surface area contributed by atoms with E-state index in [4.69, 9.17) is 5.26 Å². The summed E-state index contributed by atoms with van der Waals surface area (Å²) >= 11 is 0. The van der Waals surface area contributed by atoms with Crippen LogP contribution in [0.1, 0.15) is 24.0 Å². The maximum Gasteiger partial charge on any atom is 0.238 e. The molecule has 5 heteroatoms. The van der Waals surface area contributed by atoms with Crippen molar-refractivity contribution in [2.45, 2.75) is 31.3 Å². The van der Waals surface area contributed by atoms with Gasteiger partial charge >= 0.3 is 0 Å². The minimum absolute atomic E-state index is 0.0942. The first-order valence-corrected chi connectivity index (χ1v) is 8.72. The van der Waals surface area contributed by atoms with Crippen LogP contribution in [0.25, 0.3) is 11.1 Å². The summed E-state index contributed by atoms with van der Waals surface area (Å²) in [5, 5.41) is 24.2. The van der Waals surface area contributed by atoms with Gasteiger partial charge < -0.3 is 10.6 Å². The quantitative estimate of drug-likeness (QED) is 0.872. The Labute approximate surface area is 153 Å². The lowest BCUT2D eigenvalue weighted by molar-refractivity contribution is -0.123. The Balaban J connectivity index is 1.62. The Morgan fingerprint density at radius 3 is 2.31 bits per heavy atom. The Morgan fingerprint density at radius 1 is 1.12 bits per heavy atom. The fraction of sp³-hybridized carbons (Fsp3) is 0.286. The third-order valence-electron chi connectivity index (χ3n) is 4.59. The first-order valence-electron chi connectivity index (χ1n) is 8.72. The molecule has 0 spiro atoms. The van der Waals surface area contributed by atoms with E-state index in [0.717, 1.165) is 36.1 Å². The molecule has 130 valence electrons. The van der Waals surface area contributed by atoms with Crippen LogP contribution in [-0.4, -0.2) is 24.5 Å². The van der Waals surface area contributed by atoms with Crippen molar-refractivity contribution in [3.05, 3.63) is 59.7 Å². The summed E-state index contributed by atoms with van der Waals surface area (Å²) in [6.07, 6.45) is 2.29. The first kappa shape index (κ1) is 17.7. The fourth-order valence-electron chi connectivity index (χ4n) is 3.12. The molecule has 3 rings (SSSR count). The van der Waals surface area contributed by atoms with Crippen molar-refractivity contribution >= 4 is 5.91 Å². The Bertz CT molecular complexity index is 838. The summed E-state index contributed by atoms with van der Waals surface area (Å²) in [7, 11) is 0. The molecule has 0 aromatic heterocycles. The van der Waals surface area contributed by atoms with Gasteiger partial charge in [0.25, 0.3) is 0 Å². The molecule has 1 aliphatic heterocycles. The van der Waals surface area contributed by atoms with Crippen LogP contribution < -0.4 is 10.6 Å². The number of nitrogens with zero attached hydrogens (tertiary/aromatic N) is 2. The molecular formula is C21H20N4O. The summed E-state index contributed by atoms with van der Waals surface area (Å²) in [6, 6.07) is 18.9. The number of hydrogen-bond donors (Lipinski definition) is 2. The van der Waals surface area contributed by atoms with Crippen LogP contribution >= 0.6 is 0 Å². The number of carbonyl (C=O) groups is 1. The largest absolute Gasteiger partial charge is 0.339 e. The highest BCUT2D eigenvalue weighted by Crippen LogP contribution is 2.20. The molecule has 1 aliphatic rings. The highest BCUT2D eigenvalue weighted by molar-refractivity contribution is 5.82. The molecule has 2 aromatic carbocycles. The number of nitriles is 2. The summed E-state index contributed by atoms with van der Waals surface area (Å²) in [5.41, 5.74) is 3.71. The minimum atomic E-state index is -0.536. The highest BCUT2D eigenvalue weighted by atomic mass is 16.2. The van der Waals surface area contributed by atoms with Crippen molar-refractivity contribution in [3.8, 4) is 23.3 Å². The van der Waals surface area contributed by atoms with E-state index in [0.29, 0.717) is 12.0 Å². The average molecular weight is 344 g/mol. The van der Waals surface area contributed by atoms with Crippen molar-refractivity contribution in [1.29, 1.82) is 10.5 Å². The third kappa shape index (κ3) is 4.27. The molecular weight excluding hydrogens is 324 g/mol. The van der Waals surface area contributed by atoms with Crippen LogP contribution in [0.2, 0.25) is 0 Å². The second-order valence-corrected chi connectivity index (χ2v) is 6.43. The van der Waals surface area contributed by atoms with E-state index in [2.05, 4.69) is 22.8 Å². The van der Waals surface area contributed by atoms with Crippen LogP contribution in [-0.2, 0) is 11.2 Å². The van der Waals surface area contributed by atoms with Gasteiger partial charge in [0.2, 0.25) is 5.91 Å². The van der Waals surface area contributed by atoms with E-state index in [-0.39, 0.29) is 11.9 Å². The fourth-order valence-corrected chi connectivity index (χ4v) is 3.12. The molecule has 1 saturated heterocycles. The standard InChI is InChI=1S/C21H20N4O/c22-13-16-5-9-18(10-6-16)17-7-3-15(4-8-17)12-19(14-23)25-21(26)20-2-1-11-24-20/h3-10,19-20,24H,1-2,11-12H2,(H,25,26)/t19-,20-/m0/s1. The Morgan fingerprint density at radius 2 is 1.77 bits per heavy atom. The molecule has 0 aliphatic carbocycles. The molecule has 0 unspecified atom stereocenters. The molecule has 1 amide bonds. The zero-order valence-electron chi connectivity index (χ0n) is 14.4. The second kappa shape index (κ2) is 8.29. The van der Waals surface area contributed by atoms with E-state index >= 15 is 0 Å². The van der Waals surface area contributed by atoms with E-state index in [1.807, 2.05) is 36.4 Å². The van der Waals surface area contributed by atoms with E-state index < -0.39 is 6.04 Å². The number of rotatable bonds is 5. The Kier molecular flexibility index (Phi) is 5.63. The van der Waals surface area contributed by atoms with Gasteiger partial charge in [0.05, 0.1) is 23.7 Å². The lowest BCUT2D eigenvalue weighted by atomic mass is 10.00. The molecule has 1 heterocycles. The molecule has 0 saturated carbocycles. The van der Waals surface area contributed by atoms with Crippen molar-refractivity contribution in [2.24, 2.45) is 0 Å². The van der Waals surface area contributed by atoms with Gasteiger partial charge in [-0.15, -0.1) is 0 Å². The van der Waals surface area contributed by atoms with Gasteiger partial charge in [0, 0.05) is 6.42 Å². The summed E-state index contributed by atoms with van der Waals surface area (Å²) in [6.45, 7) is 0.853. The lowest BCUT2D eigenvalue weighted by Gasteiger charge is -2.15. The number of carbonyl (C=O) groups excluding carboxylic acids is 1. The zero-order chi connectivity index (χ0) is 18.4. The third-order valence-corrected chi connectivity index (χ3v) is 4.59. The normalized spacial score (nSPS) is 17.1. The van der Waals surface area contributed by atoms with Gasteiger partial charge in [-0.05, 0) is 48.2 Å². The summed E-state index contributed by atoms with van der Waals surface area (Å²) < 4.78 is 0. The van der Waals surface area contributed by atoms with Crippen molar-refractivity contribution in [2.75, 3.05) is 6.54 Å². The van der Waals surface area contributed by atoms with Crippen LogP contribution in [0.3, 0.4) is 0 Å². The SMILES string of the molecule is N#Cc1ccc(-c2ccc(C[C@@H](C#N)NC(=O)[C@@H]3CCCN3)cc2)cc1. The molecule has 0 bridgehead atoms. The maximum atomic E-state index is 12.1. The lowest BCUT2D eigenvalue weighted by Crippen LogP contribution is -2.45. The van der Waals surface area contributed by atoms with Gasteiger partial charge in [-0.25, -0.2) is 0 Å². The average Bonchev–Trinajstić information content (AvgIpc) is 3.23. The molecule has 2 atom stereocenters. The molecule has 1 fully saturated rings. The summed E-state index contributed by atoms with van der Waals surface area (Å²) in [4.78, 5) is 12.1. The van der Waals surface area contributed by atoms with Crippen LogP contribution in [0, 0.1) is 22.7 Å². The van der Waals surface area contributed by atoms with Crippen molar-refractivity contribution in [3.63, 3.8) is 0 Å². The monoisotopic (exact) mass is 344 g/mol. The smallest absolute Gasteiger partial charge is 0.238 e. The number of benzene rings is 2. The maximum absolute atomic E-state index is 12.1. The van der Waals surface area contributed by atoms with E-state index in [9.17, 15) is 10.1 Å². The van der Waals surface area contributed by atoms with Crippen LogP contribution in [0.5, 0.6) is 0 Å².